The first-order chi connectivity index (χ1) is 37.2. The molecule has 11 heteroatoms. The van der Waals surface area contributed by atoms with Gasteiger partial charge in [-0.05, 0) is 32.1 Å². The van der Waals surface area contributed by atoms with Crippen LogP contribution in [-0.2, 0) is 52.4 Å². The fourth-order valence-electron chi connectivity index (χ4n) is 10.3. The van der Waals surface area contributed by atoms with Crippen LogP contribution in [0.2, 0.25) is 0 Å². The van der Waals surface area contributed by atoms with Crippen LogP contribution >= 0.6 is 0 Å². The molecular weight excluding hydrogens is 957 g/mol. The molecule has 0 aromatic carbocycles. The molecule has 1 heterocycles. The monoisotopic (exact) mass is 1080 g/mol. The normalized spacial score (nSPS) is 17.4. The van der Waals surface area contributed by atoms with Crippen molar-refractivity contribution in [3.63, 3.8) is 0 Å². The van der Waals surface area contributed by atoms with E-state index in [-0.39, 0.29) is 32.1 Å². The van der Waals surface area contributed by atoms with Gasteiger partial charge in [-0.15, -0.1) is 0 Å². The molecule has 0 N–H and O–H groups in total. The summed E-state index contributed by atoms with van der Waals surface area (Å²) in [6.07, 6.45) is 41.3. The van der Waals surface area contributed by atoms with Gasteiger partial charge in [-0.25, -0.2) is 0 Å². The number of ether oxygens (including phenoxy) is 6. The van der Waals surface area contributed by atoms with Crippen LogP contribution in [0.4, 0.5) is 0 Å². The fourth-order valence-corrected chi connectivity index (χ4v) is 10.3. The largest absolute Gasteiger partial charge is 0.454 e. The summed E-state index contributed by atoms with van der Waals surface area (Å²) < 4.78 is 37.1. The van der Waals surface area contributed by atoms with Crippen LogP contribution in [-0.4, -0.2) is 60.7 Å². The highest BCUT2D eigenvalue weighted by atomic mass is 16.8. The summed E-state index contributed by atoms with van der Waals surface area (Å²) >= 11 is 0. The van der Waals surface area contributed by atoms with E-state index in [2.05, 4.69) is 34.6 Å². The maximum atomic E-state index is 14.0. The summed E-state index contributed by atoms with van der Waals surface area (Å²) in [5, 5.41) is 0. The molecule has 1 fully saturated rings. The number of esters is 5. The molecule has 0 saturated carbocycles. The highest BCUT2D eigenvalue weighted by Crippen LogP contribution is 2.33. The summed E-state index contributed by atoms with van der Waals surface area (Å²) in [7, 11) is 0. The Labute approximate surface area is 467 Å². The summed E-state index contributed by atoms with van der Waals surface area (Å²) in [6, 6.07) is 0. The zero-order valence-electron chi connectivity index (χ0n) is 50.2. The van der Waals surface area contributed by atoms with Crippen molar-refractivity contribution in [3.05, 3.63) is 0 Å². The Morgan fingerprint density at radius 3 is 0.579 bits per heavy atom. The second kappa shape index (κ2) is 53.0. The third-order valence-corrected chi connectivity index (χ3v) is 15.2. The average Bonchev–Trinajstić information content (AvgIpc) is 3.40. The first-order valence-corrected chi connectivity index (χ1v) is 32.8. The van der Waals surface area contributed by atoms with Crippen molar-refractivity contribution >= 4 is 29.8 Å². The molecule has 4 atom stereocenters. The SMILES string of the molecule is CCCCCCCCCCCC(=O)OC1[C@H](OC(=O)CCCCCCCCCCC)[C@@H](OC(=O)CCCCCCCCCCC)O[C@H](OC(=O)CCCCCCCCCCC)[C@H]1OC(=O)CCCCCCCCCCC. The minimum atomic E-state index is -1.58. The minimum Gasteiger partial charge on any atom is -0.454 e. The molecule has 446 valence electrons. The molecule has 1 saturated heterocycles. The van der Waals surface area contributed by atoms with Crippen LogP contribution in [0.15, 0.2) is 0 Å². The Kier molecular flexibility index (Phi) is 49.7. The Hall–Kier alpha value is -2.69. The van der Waals surface area contributed by atoms with E-state index in [9.17, 15) is 24.0 Å². The average molecular weight is 1080 g/mol. The van der Waals surface area contributed by atoms with Crippen molar-refractivity contribution < 1.29 is 52.4 Å². The van der Waals surface area contributed by atoms with Gasteiger partial charge in [0.1, 0.15) is 0 Å². The van der Waals surface area contributed by atoms with E-state index in [1.807, 2.05) is 0 Å². The number of unbranched alkanes of at least 4 members (excludes halogenated alkanes) is 40. The Morgan fingerprint density at radius 1 is 0.224 bits per heavy atom. The zero-order valence-corrected chi connectivity index (χ0v) is 50.2. The van der Waals surface area contributed by atoms with Crippen molar-refractivity contribution in [1.29, 1.82) is 0 Å². The van der Waals surface area contributed by atoms with Gasteiger partial charge >= 0.3 is 29.8 Å². The highest BCUT2D eigenvalue weighted by Gasteiger charge is 2.55. The minimum absolute atomic E-state index is 0.0948. The van der Waals surface area contributed by atoms with Crippen LogP contribution in [0, 0.1) is 0 Å². The fraction of sp³-hybridized carbons (Fsp3) is 0.923. The van der Waals surface area contributed by atoms with Gasteiger partial charge in [0, 0.05) is 32.1 Å². The highest BCUT2D eigenvalue weighted by molar-refractivity contribution is 5.73. The van der Waals surface area contributed by atoms with Gasteiger partial charge in [0.15, 0.2) is 6.10 Å². The molecule has 1 aliphatic rings. The lowest BCUT2D eigenvalue weighted by Gasteiger charge is -2.43. The number of carbonyl (C=O) groups is 5. The van der Waals surface area contributed by atoms with Crippen molar-refractivity contribution in [2.75, 3.05) is 0 Å². The molecule has 0 amide bonds. The van der Waals surface area contributed by atoms with Gasteiger partial charge in [0.25, 0.3) is 0 Å². The molecule has 0 aromatic rings. The van der Waals surface area contributed by atoms with E-state index in [0.29, 0.717) is 32.1 Å². The van der Waals surface area contributed by atoms with E-state index in [1.54, 1.807) is 0 Å². The van der Waals surface area contributed by atoms with Crippen LogP contribution in [0.1, 0.15) is 356 Å². The van der Waals surface area contributed by atoms with E-state index < -0.39 is 60.7 Å². The number of hydrogen-bond acceptors (Lipinski definition) is 11. The standard InChI is InChI=1S/C65H120O11/c1-6-11-16-21-26-31-36-41-46-51-56(66)71-61-62(72-57(67)52-47-42-37-32-27-22-17-12-7-2)64(74-59(69)54-49-44-39-34-29-24-19-14-9-4)76-65(75-60(70)55-50-45-40-35-30-25-20-15-10-5)63(61)73-58(68)53-48-43-38-33-28-23-18-13-8-3/h61-65H,6-55H2,1-5H3/t62-,63-,64-,65-/m0/s1. The van der Waals surface area contributed by atoms with Gasteiger partial charge < -0.3 is 23.7 Å². The second-order valence-corrected chi connectivity index (χ2v) is 22.6. The predicted octanol–water partition coefficient (Wildman–Crippen LogP) is 19.1. The van der Waals surface area contributed by atoms with Gasteiger partial charge in [-0.2, -0.15) is 0 Å². The smallest absolute Gasteiger partial charge is 0.308 e. The van der Waals surface area contributed by atoms with Crippen molar-refractivity contribution in [2.45, 2.75) is 387 Å². The second-order valence-electron chi connectivity index (χ2n) is 22.6. The third kappa shape index (κ3) is 41.4. The number of rotatable bonds is 55. The van der Waals surface area contributed by atoms with Crippen LogP contribution in [0.25, 0.3) is 0 Å². The van der Waals surface area contributed by atoms with E-state index in [0.717, 1.165) is 96.3 Å². The van der Waals surface area contributed by atoms with Gasteiger partial charge in [-0.1, -0.05) is 291 Å². The number of carbonyl (C=O) groups excluding carboxylic acids is 5. The van der Waals surface area contributed by atoms with E-state index >= 15 is 0 Å². The van der Waals surface area contributed by atoms with Gasteiger partial charge in [0.2, 0.25) is 24.8 Å². The summed E-state index contributed by atoms with van der Waals surface area (Å²) in [6.45, 7) is 11.1. The molecule has 0 aliphatic carbocycles. The molecule has 1 aliphatic heterocycles. The number of hydrogen-bond donors (Lipinski definition) is 0. The molecule has 0 spiro atoms. The lowest BCUT2D eigenvalue weighted by molar-refractivity contribution is -0.338. The Balaban J connectivity index is 3.44. The predicted molar refractivity (Wildman–Crippen MR) is 310 cm³/mol. The summed E-state index contributed by atoms with van der Waals surface area (Å²) in [5.74, 6) is -2.80. The summed E-state index contributed by atoms with van der Waals surface area (Å²) in [5.41, 5.74) is 0. The molecule has 0 aromatic heterocycles. The van der Waals surface area contributed by atoms with Gasteiger partial charge in [0.05, 0.1) is 0 Å². The van der Waals surface area contributed by atoms with Gasteiger partial charge in [-0.3, -0.25) is 28.7 Å². The maximum absolute atomic E-state index is 14.0. The molecule has 1 rings (SSSR count). The molecule has 0 radical (unpaired) electrons. The first kappa shape index (κ1) is 71.3. The van der Waals surface area contributed by atoms with Crippen LogP contribution in [0.5, 0.6) is 0 Å². The maximum Gasteiger partial charge on any atom is 0.308 e. The topological polar surface area (TPSA) is 141 Å². The third-order valence-electron chi connectivity index (χ3n) is 15.2. The Morgan fingerprint density at radius 2 is 0.382 bits per heavy atom. The van der Waals surface area contributed by atoms with Crippen molar-refractivity contribution in [3.8, 4) is 0 Å². The Bertz CT molecular complexity index is 1290. The molecule has 0 unspecified atom stereocenters. The van der Waals surface area contributed by atoms with E-state index in [4.69, 9.17) is 28.4 Å². The lowest BCUT2D eigenvalue weighted by atomic mass is 10.0. The summed E-state index contributed by atoms with van der Waals surface area (Å²) in [4.78, 5) is 69.2. The molecule has 76 heavy (non-hydrogen) atoms. The van der Waals surface area contributed by atoms with Crippen LogP contribution in [0.3, 0.4) is 0 Å². The zero-order chi connectivity index (χ0) is 55.4. The molecule has 0 bridgehead atoms. The lowest BCUT2D eigenvalue weighted by Crippen LogP contribution is -2.63. The quantitative estimate of drug-likeness (QED) is 0.0326. The first-order valence-electron chi connectivity index (χ1n) is 32.8. The van der Waals surface area contributed by atoms with Crippen LogP contribution < -0.4 is 0 Å². The molecular formula is C65H120O11. The van der Waals surface area contributed by atoms with Crippen molar-refractivity contribution in [1.82, 2.24) is 0 Å². The van der Waals surface area contributed by atoms with E-state index in [1.165, 1.54) is 161 Å². The van der Waals surface area contributed by atoms with Crippen molar-refractivity contribution in [2.24, 2.45) is 0 Å². The molecule has 11 nitrogen and oxygen atoms in total.